The minimum Gasteiger partial charge on any atom is -0.496 e. The lowest BCUT2D eigenvalue weighted by molar-refractivity contribution is -0.394. The second-order valence-electron chi connectivity index (χ2n) is 7.10. The maximum atomic E-state index is 12.6. The fraction of sp³-hybridized carbons (Fsp3) is 0.0435. The lowest BCUT2D eigenvalue weighted by atomic mass is 10.1. The highest BCUT2D eigenvalue weighted by Crippen LogP contribution is 2.34. The van der Waals surface area contributed by atoms with Crippen molar-refractivity contribution in [1.29, 1.82) is 5.26 Å². The Bertz CT molecular complexity index is 1480. The number of benzene rings is 3. The monoisotopic (exact) mass is 505 g/mol. The van der Waals surface area contributed by atoms with E-state index in [2.05, 4.69) is 5.32 Å². The first-order chi connectivity index (χ1) is 17.6. The molecule has 0 unspecified atom stereocenters. The van der Waals surface area contributed by atoms with Crippen LogP contribution in [0.4, 0.5) is 22.7 Å². The summed E-state index contributed by atoms with van der Waals surface area (Å²) in [7, 11) is 1.33. The Hall–Kier alpha value is -5.84. The van der Waals surface area contributed by atoms with Crippen LogP contribution in [0.2, 0.25) is 0 Å². The summed E-state index contributed by atoms with van der Waals surface area (Å²) >= 11 is 0. The molecule has 3 rings (SSSR count). The Kier molecular flexibility index (Phi) is 7.70. The molecule has 0 aliphatic carbocycles. The Morgan fingerprint density at radius 1 is 0.892 bits per heavy atom. The van der Waals surface area contributed by atoms with Gasteiger partial charge in [-0.05, 0) is 42.0 Å². The van der Waals surface area contributed by atoms with E-state index >= 15 is 0 Å². The number of hydrogen-bond acceptors (Lipinski definition) is 10. The average molecular weight is 505 g/mol. The van der Waals surface area contributed by atoms with E-state index < -0.39 is 37.7 Å². The summed E-state index contributed by atoms with van der Waals surface area (Å²) in [6.45, 7) is 0. The van der Waals surface area contributed by atoms with Gasteiger partial charge in [0.05, 0.1) is 34.0 Å². The summed E-state index contributed by atoms with van der Waals surface area (Å²) in [5.41, 5.74) is -1.61. The molecule has 0 spiro atoms. The highest BCUT2D eigenvalue weighted by molar-refractivity contribution is 6.10. The second-order valence-corrected chi connectivity index (χ2v) is 7.10. The van der Waals surface area contributed by atoms with E-state index in [-0.39, 0.29) is 28.5 Å². The van der Waals surface area contributed by atoms with E-state index in [0.29, 0.717) is 5.56 Å². The summed E-state index contributed by atoms with van der Waals surface area (Å²) in [6, 6.07) is 14.2. The highest BCUT2D eigenvalue weighted by atomic mass is 16.6. The van der Waals surface area contributed by atoms with Crippen LogP contribution in [-0.4, -0.2) is 27.8 Å². The summed E-state index contributed by atoms with van der Waals surface area (Å²) < 4.78 is 10.4. The number of rotatable bonds is 9. The van der Waals surface area contributed by atoms with Gasteiger partial charge in [0.15, 0.2) is 0 Å². The minimum atomic E-state index is -0.891. The molecule has 1 amide bonds. The topological polar surface area (TPSA) is 201 Å². The molecular formula is C23H15N5O9. The SMILES string of the molecule is COc1ccc(NC(=O)/C(C#N)=C/c2ccc(Oc3ccc([N+](=O)[O-])cc3[N+](=O)[O-])cc2)c([N+](=O)[O-])c1. The molecule has 0 heterocycles. The number of non-ortho nitro benzene ring substituents is 1. The molecule has 37 heavy (non-hydrogen) atoms. The molecule has 3 aromatic carbocycles. The smallest absolute Gasteiger partial charge is 0.318 e. The van der Waals surface area contributed by atoms with E-state index in [1.807, 2.05) is 0 Å². The molecule has 0 aromatic heterocycles. The summed E-state index contributed by atoms with van der Waals surface area (Å²) in [5, 5.41) is 45.2. The van der Waals surface area contributed by atoms with Crippen molar-refractivity contribution in [2.24, 2.45) is 0 Å². The van der Waals surface area contributed by atoms with Crippen molar-refractivity contribution in [3.05, 3.63) is 102 Å². The third-order valence-electron chi connectivity index (χ3n) is 4.78. The summed E-state index contributed by atoms with van der Waals surface area (Å²) in [5.74, 6) is -0.761. The van der Waals surface area contributed by atoms with Gasteiger partial charge in [-0.3, -0.25) is 35.1 Å². The van der Waals surface area contributed by atoms with Crippen molar-refractivity contribution in [2.75, 3.05) is 12.4 Å². The number of carbonyl (C=O) groups excluding carboxylic acids is 1. The van der Waals surface area contributed by atoms with Crippen molar-refractivity contribution in [2.45, 2.75) is 0 Å². The number of nitrogens with zero attached hydrogens (tertiary/aromatic N) is 4. The Morgan fingerprint density at radius 2 is 1.54 bits per heavy atom. The molecule has 0 aliphatic heterocycles. The van der Waals surface area contributed by atoms with Crippen LogP contribution in [0.5, 0.6) is 17.2 Å². The quantitative estimate of drug-likeness (QED) is 0.183. The van der Waals surface area contributed by atoms with Crippen LogP contribution in [0.1, 0.15) is 5.56 Å². The van der Waals surface area contributed by atoms with E-state index in [9.17, 15) is 40.4 Å². The maximum Gasteiger partial charge on any atom is 0.318 e. The first-order valence-electron chi connectivity index (χ1n) is 10.1. The highest BCUT2D eigenvalue weighted by Gasteiger charge is 2.22. The van der Waals surface area contributed by atoms with Crippen molar-refractivity contribution in [1.82, 2.24) is 0 Å². The standard InChI is InChI=1S/C23H15N5O9/c1-36-18-7-8-19(20(12-18)27(32)33)25-23(29)15(13-24)10-14-2-5-17(6-3-14)37-22-9-4-16(26(30)31)11-21(22)28(34)35/h2-12H,1H3,(H,25,29)/b15-10+. The second kappa shape index (κ2) is 11.1. The van der Waals surface area contributed by atoms with Gasteiger partial charge >= 0.3 is 5.69 Å². The Labute approximate surface area is 207 Å². The van der Waals surface area contributed by atoms with E-state index in [1.165, 1.54) is 49.6 Å². The Morgan fingerprint density at radius 3 is 2.11 bits per heavy atom. The molecule has 0 atom stereocenters. The van der Waals surface area contributed by atoms with Gasteiger partial charge in [-0.1, -0.05) is 12.1 Å². The first-order valence-corrected chi connectivity index (χ1v) is 10.1. The van der Waals surface area contributed by atoms with Gasteiger partial charge in [-0.2, -0.15) is 5.26 Å². The van der Waals surface area contributed by atoms with Crippen LogP contribution in [0, 0.1) is 41.7 Å². The van der Waals surface area contributed by atoms with Gasteiger partial charge in [0, 0.05) is 6.07 Å². The number of amides is 1. The minimum absolute atomic E-state index is 0.134. The molecule has 14 heteroatoms. The van der Waals surface area contributed by atoms with E-state index in [4.69, 9.17) is 9.47 Å². The predicted octanol–water partition coefficient (Wildman–Crippen LogP) is 4.76. The maximum absolute atomic E-state index is 12.6. The molecule has 3 aromatic rings. The predicted molar refractivity (Wildman–Crippen MR) is 128 cm³/mol. The van der Waals surface area contributed by atoms with Gasteiger partial charge in [0.2, 0.25) is 5.75 Å². The zero-order valence-electron chi connectivity index (χ0n) is 18.8. The molecule has 1 N–H and O–H groups in total. The number of anilines is 1. The van der Waals surface area contributed by atoms with Crippen LogP contribution in [0.15, 0.2) is 66.2 Å². The first kappa shape index (κ1) is 25.8. The summed E-state index contributed by atoms with van der Waals surface area (Å²) in [6.07, 6.45) is 1.22. The molecule has 14 nitrogen and oxygen atoms in total. The van der Waals surface area contributed by atoms with Crippen LogP contribution in [0.25, 0.3) is 6.08 Å². The van der Waals surface area contributed by atoms with Gasteiger partial charge in [-0.25, -0.2) is 0 Å². The average Bonchev–Trinajstić information content (AvgIpc) is 2.88. The van der Waals surface area contributed by atoms with Gasteiger partial charge in [0.25, 0.3) is 17.3 Å². The van der Waals surface area contributed by atoms with Gasteiger partial charge < -0.3 is 14.8 Å². The van der Waals surface area contributed by atoms with Crippen molar-refractivity contribution in [3.63, 3.8) is 0 Å². The fourth-order valence-corrected chi connectivity index (χ4v) is 3.01. The number of methoxy groups -OCH3 is 1. The van der Waals surface area contributed by atoms with Crippen molar-refractivity contribution < 1.29 is 29.0 Å². The van der Waals surface area contributed by atoms with Crippen LogP contribution >= 0.6 is 0 Å². The Balaban J connectivity index is 1.80. The lowest BCUT2D eigenvalue weighted by Crippen LogP contribution is -2.14. The molecule has 0 saturated heterocycles. The lowest BCUT2D eigenvalue weighted by Gasteiger charge is -2.08. The normalized spacial score (nSPS) is 10.6. The molecule has 0 fully saturated rings. The number of carbonyl (C=O) groups is 1. The molecule has 0 aliphatic rings. The van der Waals surface area contributed by atoms with Crippen LogP contribution in [-0.2, 0) is 4.79 Å². The number of nitriles is 1. The molecule has 0 saturated carbocycles. The molecule has 0 bridgehead atoms. The van der Waals surface area contributed by atoms with Crippen molar-refractivity contribution in [3.8, 4) is 23.3 Å². The number of ether oxygens (including phenoxy) is 2. The molecule has 186 valence electrons. The number of nitrogens with one attached hydrogen (secondary N) is 1. The third kappa shape index (κ3) is 6.19. The molecular weight excluding hydrogens is 490 g/mol. The van der Waals surface area contributed by atoms with Crippen LogP contribution in [0.3, 0.4) is 0 Å². The zero-order valence-corrected chi connectivity index (χ0v) is 18.8. The largest absolute Gasteiger partial charge is 0.496 e. The van der Waals surface area contributed by atoms with Gasteiger partial charge in [0.1, 0.15) is 28.8 Å². The third-order valence-corrected chi connectivity index (χ3v) is 4.78. The summed E-state index contributed by atoms with van der Waals surface area (Å²) in [4.78, 5) is 43.7. The van der Waals surface area contributed by atoms with Crippen LogP contribution < -0.4 is 14.8 Å². The van der Waals surface area contributed by atoms with E-state index in [1.54, 1.807) is 6.07 Å². The zero-order chi connectivity index (χ0) is 27.1. The molecule has 0 radical (unpaired) electrons. The van der Waals surface area contributed by atoms with Gasteiger partial charge in [-0.15, -0.1) is 0 Å². The van der Waals surface area contributed by atoms with E-state index in [0.717, 1.165) is 24.3 Å². The fourth-order valence-electron chi connectivity index (χ4n) is 3.01. The number of hydrogen-bond donors (Lipinski definition) is 1. The number of nitro benzene ring substituents is 3. The van der Waals surface area contributed by atoms with Crippen molar-refractivity contribution >= 4 is 34.7 Å². The number of nitro groups is 3.